The van der Waals surface area contributed by atoms with E-state index in [0.29, 0.717) is 57.8 Å². The molecule has 0 unspecified atom stereocenters. The SMILES string of the molecule is CC[C@@H](C(=O)[C@@H](C)[C@@H](O)[C@H](C)[C@@H]1O[C@@H]([C@@H](CC)C(=O)[O-])CC[C@@H]1C)[C@H]1O[C@]2(C=CC(=O)[C@]3(CC[C@@](C)([C@H]4CC[C@](O)(CC)[C@H](C)O4)O3)O2)[C@H](C)C[C@@H]1C.[K+]. The van der Waals surface area contributed by atoms with Crippen LogP contribution in [0.5, 0.6) is 0 Å². The molecular weight excluding hydrogens is 720 g/mol. The van der Waals surface area contributed by atoms with Crippen LogP contribution in [0.25, 0.3) is 0 Å². The molecule has 2 spiro atoms. The van der Waals surface area contributed by atoms with Gasteiger partial charge in [0.15, 0.2) is 5.79 Å². The summed E-state index contributed by atoms with van der Waals surface area (Å²) in [6.07, 6.45) is 5.56. The zero-order valence-corrected chi connectivity index (χ0v) is 37.9. The zero-order valence-electron chi connectivity index (χ0n) is 34.8. The number of aliphatic hydroxyl groups excluding tert-OH is 1. The number of hydrogen-bond acceptors (Lipinski definition) is 11. The second-order valence-corrected chi connectivity index (χ2v) is 17.7. The fourth-order valence-corrected chi connectivity index (χ4v) is 10.3. The van der Waals surface area contributed by atoms with Gasteiger partial charge in [0.25, 0.3) is 0 Å². The molecule has 4 fully saturated rings. The molecule has 0 amide bonds. The monoisotopic (exact) mass is 786 g/mol. The summed E-state index contributed by atoms with van der Waals surface area (Å²) in [4.78, 5) is 39.9. The number of carboxylic acid groups (broad SMARTS) is 1. The summed E-state index contributed by atoms with van der Waals surface area (Å²) in [5, 5.41) is 34.5. The van der Waals surface area contributed by atoms with Gasteiger partial charge in [0, 0.05) is 42.0 Å². The zero-order chi connectivity index (χ0) is 39.3. The Hall–Kier alpha value is -0.0936. The number of rotatable bonds is 12. The van der Waals surface area contributed by atoms with Gasteiger partial charge in [-0.2, -0.15) is 0 Å². The average molecular weight is 787 g/mol. The van der Waals surface area contributed by atoms with Gasteiger partial charge >= 0.3 is 51.4 Å². The molecule has 5 rings (SSSR count). The molecule has 54 heavy (non-hydrogen) atoms. The standard InChI is InChI=1S/C42H68O11.K/c1-11-29(38(46)47)31-15-14-23(4)36(50-31)27(8)34(44)26(7)35(45)30(12-2)37-24(5)22-25(6)41(51-37)19-16-32(43)42(53-41)21-20-39(10,52-42)33-17-18-40(48,13-3)28(9)49-33;/h16,19,23-31,33-34,36-37,44,48H,11-15,17-18,20-22H2,1-10H3,(H,46,47);/q;+1/p-1/t23-,24-,25+,26-,27-,28-,29+,30-,31+,33+,34+,36+,37-,39-,40+,41-,42-;/m0./s1. The first-order valence-corrected chi connectivity index (χ1v) is 20.6. The fourth-order valence-electron chi connectivity index (χ4n) is 10.3. The predicted octanol–water partition coefficient (Wildman–Crippen LogP) is 2.07. The third-order valence-corrected chi connectivity index (χ3v) is 14.3. The van der Waals surface area contributed by atoms with Crippen molar-refractivity contribution in [2.24, 2.45) is 41.4 Å². The minimum atomic E-state index is -1.57. The number of hydrogen-bond donors (Lipinski definition) is 2. The largest absolute Gasteiger partial charge is 1.00 e. The van der Waals surface area contributed by atoms with Crippen LogP contribution in [0.1, 0.15) is 133 Å². The van der Waals surface area contributed by atoms with E-state index in [0.717, 1.165) is 6.42 Å². The van der Waals surface area contributed by atoms with Crippen LogP contribution in [0, 0.1) is 41.4 Å². The molecule has 0 saturated carbocycles. The third kappa shape index (κ3) is 8.76. The van der Waals surface area contributed by atoms with Crippen molar-refractivity contribution < 1.29 is 105 Å². The summed E-state index contributed by atoms with van der Waals surface area (Å²) in [7, 11) is 0. The van der Waals surface area contributed by atoms with Crippen molar-refractivity contribution in [2.75, 3.05) is 0 Å². The van der Waals surface area contributed by atoms with Gasteiger partial charge < -0.3 is 43.8 Å². The molecule has 5 heterocycles. The number of carboxylic acids is 1. The van der Waals surface area contributed by atoms with Crippen LogP contribution in [0.3, 0.4) is 0 Å². The van der Waals surface area contributed by atoms with Crippen molar-refractivity contribution in [1.82, 2.24) is 0 Å². The Morgan fingerprint density at radius 1 is 0.926 bits per heavy atom. The van der Waals surface area contributed by atoms with Crippen molar-refractivity contribution in [2.45, 2.75) is 193 Å². The van der Waals surface area contributed by atoms with E-state index in [1.807, 2.05) is 55.4 Å². The Balaban J connectivity index is 0.00000650. The third-order valence-electron chi connectivity index (χ3n) is 14.3. The van der Waals surface area contributed by atoms with Crippen molar-refractivity contribution in [3.8, 4) is 0 Å². The van der Waals surface area contributed by atoms with E-state index >= 15 is 0 Å². The normalized spacial score (nSPS) is 44.0. The Morgan fingerprint density at radius 3 is 2.19 bits per heavy atom. The summed E-state index contributed by atoms with van der Waals surface area (Å²) < 4.78 is 33.1. The minimum Gasteiger partial charge on any atom is -0.550 e. The van der Waals surface area contributed by atoms with E-state index in [-0.39, 0.29) is 92.9 Å². The van der Waals surface area contributed by atoms with E-state index in [4.69, 9.17) is 23.7 Å². The van der Waals surface area contributed by atoms with E-state index in [2.05, 4.69) is 6.92 Å². The van der Waals surface area contributed by atoms with Crippen LogP contribution in [0.4, 0.5) is 0 Å². The van der Waals surface area contributed by atoms with Crippen LogP contribution in [0.15, 0.2) is 12.2 Å². The molecule has 0 aromatic rings. The van der Waals surface area contributed by atoms with Crippen molar-refractivity contribution in [3.05, 3.63) is 12.2 Å². The van der Waals surface area contributed by atoms with E-state index in [9.17, 15) is 29.7 Å². The van der Waals surface area contributed by atoms with Gasteiger partial charge in [-0.1, -0.05) is 55.4 Å². The molecule has 0 bridgehead atoms. The molecule has 4 saturated heterocycles. The Morgan fingerprint density at radius 2 is 1.59 bits per heavy atom. The van der Waals surface area contributed by atoms with Gasteiger partial charge in [-0.05, 0) is 95.6 Å². The van der Waals surface area contributed by atoms with Gasteiger partial charge in [0.2, 0.25) is 11.6 Å². The molecule has 0 aromatic heterocycles. The minimum absolute atomic E-state index is 0. The van der Waals surface area contributed by atoms with Gasteiger partial charge in [0.1, 0.15) is 5.78 Å². The van der Waals surface area contributed by atoms with Gasteiger partial charge in [-0.25, -0.2) is 0 Å². The molecule has 5 aliphatic heterocycles. The predicted molar refractivity (Wildman–Crippen MR) is 195 cm³/mol. The maximum Gasteiger partial charge on any atom is 1.00 e. The van der Waals surface area contributed by atoms with Crippen molar-refractivity contribution in [1.29, 1.82) is 0 Å². The summed E-state index contributed by atoms with van der Waals surface area (Å²) in [6, 6.07) is 0. The molecule has 2 N–H and O–H groups in total. The van der Waals surface area contributed by atoms with Crippen LogP contribution >= 0.6 is 0 Å². The number of ketones is 2. The first kappa shape index (κ1) is 46.6. The molecule has 12 heteroatoms. The number of Topliss-reactive ketones (excluding diaryl/α,β-unsaturated/α-hetero) is 1. The number of aliphatic carboxylic acids is 1. The van der Waals surface area contributed by atoms with E-state index in [1.165, 1.54) is 6.08 Å². The van der Waals surface area contributed by atoms with E-state index < -0.39 is 76.8 Å². The molecular formula is C42H67KO11. The Bertz CT molecular complexity index is 1380. The maximum absolute atomic E-state index is 14.4. The smallest absolute Gasteiger partial charge is 0.550 e. The Kier molecular flexibility index (Phi) is 15.6. The van der Waals surface area contributed by atoms with Gasteiger partial charge in [0.05, 0.1) is 47.8 Å². The van der Waals surface area contributed by atoms with Crippen LogP contribution in [-0.2, 0) is 38.1 Å². The molecule has 5 aliphatic rings. The van der Waals surface area contributed by atoms with Crippen LogP contribution < -0.4 is 56.5 Å². The fraction of sp³-hybridized carbons (Fsp3) is 0.881. The van der Waals surface area contributed by atoms with Crippen molar-refractivity contribution >= 4 is 17.5 Å². The second kappa shape index (κ2) is 18.0. The maximum atomic E-state index is 14.4. The summed E-state index contributed by atoms with van der Waals surface area (Å²) in [6.45, 7) is 19.3. The Labute approximate surface area is 365 Å². The van der Waals surface area contributed by atoms with Gasteiger partial charge in [-0.15, -0.1) is 0 Å². The number of ether oxygens (including phenoxy) is 5. The van der Waals surface area contributed by atoms with Crippen LogP contribution in [-0.4, -0.2) is 87.1 Å². The second-order valence-electron chi connectivity index (χ2n) is 17.7. The molecule has 11 nitrogen and oxygen atoms in total. The van der Waals surface area contributed by atoms with Crippen molar-refractivity contribution in [3.63, 3.8) is 0 Å². The number of aliphatic hydroxyl groups is 2. The molecule has 0 aromatic carbocycles. The average Bonchev–Trinajstić information content (AvgIpc) is 3.47. The summed E-state index contributed by atoms with van der Waals surface area (Å²) >= 11 is 0. The quantitative estimate of drug-likeness (QED) is 0.279. The first-order chi connectivity index (χ1) is 24.8. The molecule has 17 atom stereocenters. The number of carbonyl (C=O) groups is 3. The number of carbonyl (C=O) groups excluding carboxylic acids is 3. The summed E-state index contributed by atoms with van der Waals surface area (Å²) in [5.41, 5.74) is -1.71. The van der Waals surface area contributed by atoms with Gasteiger partial charge in [-0.3, -0.25) is 9.59 Å². The molecule has 302 valence electrons. The molecule has 0 radical (unpaired) electrons. The first-order valence-electron chi connectivity index (χ1n) is 20.6. The summed E-state index contributed by atoms with van der Waals surface area (Å²) in [5.74, 6) is -6.92. The van der Waals surface area contributed by atoms with E-state index in [1.54, 1.807) is 13.0 Å². The topological polar surface area (TPSA) is 161 Å². The molecule has 0 aliphatic carbocycles. The van der Waals surface area contributed by atoms with Crippen LogP contribution in [0.2, 0.25) is 0 Å².